The van der Waals surface area contributed by atoms with E-state index >= 15 is 0 Å². The quantitative estimate of drug-likeness (QED) is 0.796. The lowest BCUT2D eigenvalue weighted by Crippen LogP contribution is -2.28. The second-order valence-corrected chi connectivity index (χ2v) is 4.77. The van der Waals surface area contributed by atoms with Crippen LogP contribution in [0.25, 0.3) is 10.8 Å². The van der Waals surface area contributed by atoms with E-state index < -0.39 is 6.09 Å². The minimum Gasteiger partial charge on any atom is -0.465 e. The molecule has 0 aromatic heterocycles. The number of hydrogen-bond donors (Lipinski definition) is 1. The fraction of sp³-hybridized carbons (Fsp3) is 0.214. The Labute approximate surface area is 110 Å². The van der Waals surface area contributed by atoms with Crippen LogP contribution in [0.15, 0.2) is 36.4 Å². The van der Waals surface area contributed by atoms with Gasteiger partial charge in [-0.3, -0.25) is 4.90 Å². The summed E-state index contributed by atoms with van der Waals surface area (Å²) < 4.78 is 0. The molecule has 0 radical (unpaired) electrons. The fourth-order valence-electron chi connectivity index (χ4n) is 2.67. The molecule has 1 unspecified atom stereocenters. The van der Waals surface area contributed by atoms with Crippen LogP contribution in [-0.4, -0.2) is 23.6 Å². The minimum absolute atomic E-state index is 0.0730. The maximum atomic E-state index is 11.2. The highest BCUT2D eigenvalue weighted by molar-refractivity contribution is 6.19. The Morgan fingerprint density at radius 1 is 1.33 bits per heavy atom. The predicted molar refractivity (Wildman–Crippen MR) is 72.8 cm³/mol. The summed E-state index contributed by atoms with van der Waals surface area (Å²) in [6, 6.07) is 11.8. The number of hydrogen-bond acceptors (Lipinski definition) is 1. The molecule has 1 aliphatic rings. The first kappa shape index (κ1) is 11.4. The third-order valence-electron chi connectivity index (χ3n) is 3.47. The molecule has 0 saturated heterocycles. The largest absolute Gasteiger partial charge is 0.465 e. The highest BCUT2D eigenvalue weighted by atomic mass is 35.5. The molecule has 0 bridgehead atoms. The zero-order valence-electron chi connectivity index (χ0n) is 9.64. The fourth-order valence-corrected chi connectivity index (χ4v) is 2.92. The van der Waals surface area contributed by atoms with Crippen LogP contribution in [0.3, 0.4) is 0 Å². The van der Waals surface area contributed by atoms with Crippen molar-refractivity contribution in [3.63, 3.8) is 0 Å². The van der Waals surface area contributed by atoms with Crippen LogP contribution in [0.2, 0.25) is 0 Å². The molecule has 1 aliphatic heterocycles. The van der Waals surface area contributed by atoms with E-state index in [1.807, 2.05) is 36.4 Å². The van der Waals surface area contributed by atoms with Gasteiger partial charge in [-0.1, -0.05) is 30.3 Å². The van der Waals surface area contributed by atoms with Crippen molar-refractivity contribution in [2.45, 2.75) is 5.92 Å². The van der Waals surface area contributed by atoms with Gasteiger partial charge in [0.15, 0.2) is 0 Å². The lowest BCUT2D eigenvalue weighted by atomic mass is 9.96. The van der Waals surface area contributed by atoms with Gasteiger partial charge in [-0.15, -0.1) is 11.6 Å². The third-order valence-corrected chi connectivity index (χ3v) is 3.84. The number of anilines is 1. The van der Waals surface area contributed by atoms with Gasteiger partial charge in [0.25, 0.3) is 0 Å². The van der Waals surface area contributed by atoms with Crippen molar-refractivity contribution >= 4 is 34.2 Å². The number of amides is 1. The van der Waals surface area contributed by atoms with E-state index in [0.29, 0.717) is 12.4 Å². The summed E-state index contributed by atoms with van der Waals surface area (Å²) >= 11 is 5.99. The molecule has 92 valence electrons. The summed E-state index contributed by atoms with van der Waals surface area (Å²) in [7, 11) is 0. The number of fused-ring (bicyclic) bond motifs is 3. The molecule has 1 atom stereocenters. The number of carbonyl (C=O) groups is 1. The molecule has 3 rings (SSSR count). The molecule has 1 heterocycles. The number of alkyl halides is 1. The SMILES string of the molecule is O=C(O)N1CC(CCl)c2c1ccc1ccccc21. The standard InChI is InChI=1S/C14H12ClNO2/c15-7-10-8-16(14(17)18)12-6-5-9-3-1-2-4-11(9)13(10)12/h1-6,10H,7-8H2,(H,17,18). The second-order valence-electron chi connectivity index (χ2n) is 4.46. The molecule has 2 aromatic rings. The molecule has 0 fully saturated rings. The summed E-state index contributed by atoms with van der Waals surface area (Å²) in [5.74, 6) is 0.508. The summed E-state index contributed by atoms with van der Waals surface area (Å²) in [6.07, 6.45) is -0.917. The van der Waals surface area contributed by atoms with Crippen molar-refractivity contribution < 1.29 is 9.90 Å². The van der Waals surface area contributed by atoms with Gasteiger partial charge in [-0.2, -0.15) is 0 Å². The van der Waals surface area contributed by atoms with Crippen molar-refractivity contribution in [3.8, 4) is 0 Å². The van der Waals surface area contributed by atoms with Gasteiger partial charge in [0.05, 0.1) is 5.69 Å². The van der Waals surface area contributed by atoms with Crippen LogP contribution in [0.5, 0.6) is 0 Å². The lowest BCUT2D eigenvalue weighted by Gasteiger charge is -2.12. The Balaban J connectivity index is 2.28. The van der Waals surface area contributed by atoms with Gasteiger partial charge < -0.3 is 5.11 Å². The van der Waals surface area contributed by atoms with E-state index in [1.165, 1.54) is 4.90 Å². The van der Waals surface area contributed by atoms with Crippen molar-refractivity contribution in [2.75, 3.05) is 17.3 Å². The molecule has 2 aromatic carbocycles. The molecule has 3 nitrogen and oxygen atoms in total. The number of nitrogens with zero attached hydrogens (tertiary/aromatic N) is 1. The molecule has 0 saturated carbocycles. The van der Waals surface area contributed by atoms with Crippen LogP contribution in [0.1, 0.15) is 11.5 Å². The average Bonchev–Trinajstić information content (AvgIpc) is 2.78. The lowest BCUT2D eigenvalue weighted by molar-refractivity contribution is 0.202. The van der Waals surface area contributed by atoms with Gasteiger partial charge >= 0.3 is 6.09 Å². The van der Waals surface area contributed by atoms with E-state index in [9.17, 15) is 9.90 Å². The molecule has 0 spiro atoms. The maximum absolute atomic E-state index is 11.2. The zero-order chi connectivity index (χ0) is 12.7. The van der Waals surface area contributed by atoms with Crippen LogP contribution in [0.4, 0.5) is 10.5 Å². The highest BCUT2D eigenvalue weighted by Crippen LogP contribution is 2.41. The monoisotopic (exact) mass is 261 g/mol. The smallest absolute Gasteiger partial charge is 0.411 e. The molecular formula is C14H12ClNO2. The molecule has 4 heteroatoms. The van der Waals surface area contributed by atoms with Gasteiger partial charge in [0.1, 0.15) is 0 Å². The number of benzene rings is 2. The Kier molecular flexibility index (Phi) is 2.63. The van der Waals surface area contributed by atoms with E-state index in [1.54, 1.807) is 0 Å². The topological polar surface area (TPSA) is 40.5 Å². The van der Waals surface area contributed by atoms with E-state index in [0.717, 1.165) is 22.0 Å². The van der Waals surface area contributed by atoms with Gasteiger partial charge in [0, 0.05) is 18.3 Å². The van der Waals surface area contributed by atoms with E-state index in [4.69, 9.17) is 11.6 Å². The zero-order valence-corrected chi connectivity index (χ0v) is 10.4. The summed E-state index contributed by atoms with van der Waals surface area (Å²) in [5.41, 5.74) is 1.83. The summed E-state index contributed by atoms with van der Waals surface area (Å²) in [6.45, 7) is 0.447. The van der Waals surface area contributed by atoms with E-state index in [-0.39, 0.29) is 5.92 Å². The van der Waals surface area contributed by atoms with Crippen molar-refractivity contribution in [1.29, 1.82) is 0 Å². The first-order chi connectivity index (χ1) is 8.72. The van der Waals surface area contributed by atoms with E-state index in [2.05, 4.69) is 0 Å². The van der Waals surface area contributed by atoms with Crippen molar-refractivity contribution in [3.05, 3.63) is 42.0 Å². The number of rotatable bonds is 1. The molecule has 1 N–H and O–H groups in total. The normalized spacial score (nSPS) is 18.1. The molecular weight excluding hydrogens is 250 g/mol. The third kappa shape index (κ3) is 1.55. The van der Waals surface area contributed by atoms with Gasteiger partial charge in [-0.05, 0) is 22.4 Å². The Morgan fingerprint density at radius 3 is 2.83 bits per heavy atom. The predicted octanol–water partition coefficient (Wildman–Crippen LogP) is 3.66. The number of halogens is 1. The Morgan fingerprint density at radius 2 is 2.11 bits per heavy atom. The van der Waals surface area contributed by atoms with Crippen LogP contribution < -0.4 is 4.90 Å². The van der Waals surface area contributed by atoms with Gasteiger partial charge in [0.2, 0.25) is 0 Å². The minimum atomic E-state index is -0.917. The molecule has 0 aliphatic carbocycles. The summed E-state index contributed by atoms with van der Waals surface area (Å²) in [4.78, 5) is 12.6. The van der Waals surface area contributed by atoms with Crippen LogP contribution in [0, 0.1) is 0 Å². The van der Waals surface area contributed by atoms with Crippen LogP contribution >= 0.6 is 11.6 Å². The second kappa shape index (κ2) is 4.18. The van der Waals surface area contributed by atoms with Crippen molar-refractivity contribution in [2.24, 2.45) is 0 Å². The average molecular weight is 262 g/mol. The van der Waals surface area contributed by atoms with Crippen LogP contribution in [-0.2, 0) is 0 Å². The van der Waals surface area contributed by atoms with Gasteiger partial charge in [-0.25, -0.2) is 4.79 Å². The summed E-state index contributed by atoms with van der Waals surface area (Å²) in [5, 5.41) is 11.5. The Bertz CT molecular complexity index is 626. The molecule has 1 amide bonds. The first-order valence-corrected chi connectivity index (χ1v) is 6.34. The first-order valence-electron chi connectivity index (χ1n) is 5.80. The Hall–Kier alpha value is -1.74. The van der Waals surface area contributed by atoms with Crippen molar-refractivity contribution in [1.82, 2.24) is 0 Å². The highest BCUT2D eigenvalue weighted by Gasteiger charge is 2.33. The maximum Gasteiger partial charge on any atom is 0.411 e. The number of carboxylic acid groups (broad SMARTS) is 1. The molecule has 18 heavy (non-hydrogen) atoms.